The molecule has 20 heavy (non-hydrogen) atoms. The van der Waals surface area contributed by atoms with Gasteiger partial charge in [-0.05, 0) is 25.7 Å². The standard InChI is InChI=1S/C13H24N2O5/c1-12(2,3)8-13(4,5)14-11(20)15(6-9(16)17)7-10(18)19/h6-8H2,1-5H3,(H,14,20)(H,16,17)(H,18,19). The number of carboxylic acids is 2. The maximum absolute atomic E-state index is 12.0. The molecule has 2 amide bonds. The van der Waals surface area contributed by atoms with Crippen molar-refractivity contribution in [1.82, 2.24) is 10.2 Å². The predicted molar refractivity (Wildman–Crippen MR) is 73.5 cm³/mol. The first kappa shape index (κ1) is 18.2. The highest BCUT2D eigenvalue weighted by molar-refractivity contribution is 5.84. The highest BCUT2D eigenvalue weighted by atomic mass is 16.4. The highest BCUT2D eigenvalue weighted by Crippen LogP contribution is 2.26. The molecule has 0 aliphatic carbocycles. The van der Waals surface area contributed by atoms with Gasteiger partial charge in [-0.1, -0.05) is 20.8 Å². The number of urea groups is 1. The minimum Gasteiger partial charge on any atom is -0.480 e. The van der Waals surface area contributed by atoms with Crippen LogP contribution in [0.1, 0.15) is 41.0 Å². The SMILES string of the molecule is CC(C)(C)CC(C)(C)NC(=O)N(CC(=O)O)CC(=O)O. The fourth-order valence-electron chi connectivity index (χ4n) is 2.26. The van der Waals surface area contributed by atoms with Crippen LogP contribution in [-0.2, 0) is 9.59 Å². The van der Waals surface area contributed by atoms with Crippen LogP contribution in [0.5, 0.6) is 0 Å². The summed E-state index contributed by atoms with van der Waals surface area (Å²) in [6.07, 6.45) is 0.666. The summed E-state index contributed by atoms with van der Waals surface area (Å²) in [4.78, 5) is 34.1. The van der Waals surface area contributed by atoms with E-state index in [0.717, 1.165) is 4.90 Å². The van der Waals surface area contributed by atoms with Crippen molar-refractivity contribution in [3.05, 3.63) is 0 Å². The van der Waals surface area contributed by atoms with E-state index >= 15 is 0 Å². The van der Waals surface area contributed by atoms with Crippen LogP contribution in [0.4, 0.5) is 4.79 Å². The van der Waals surface area contributed by atoms with Crippen LogP contribution in [0.3, 0.4) is 0 Å². The van der Waals surface area contributed by atoms with Gasteiger partial charge in [-0.2, -0.15) is 0 Å². The Labute approximate surface area is 119 Å². The summed E-state index contributed by atoms with van der Waals surface area (Å²) in [5.74, 6) is -2.51. The number of nitrogens with one attached hydrogen (secondary N) is 1. The molecule has 0 saturated carbocycles. The number of nitrogens with zero attached hydrogens (tertiary/aromatic N) is 1. The third-order valence-corrected chi connectivity index (χ3v) is 2.36. The summed E-state index contributed by atoms with van der Waals surface area (Å²) in [7, 11) is 0. The van der Waals surface area contributed by atoms with Crippen molar-refractivity contribution in [2.45, 2.75) is 46.6 Å². The summed E-state index contributed by atoms with van der Waals surface area (Å²) in [5, 5.41) is 20.1. The number of hydrogen-bond donors (Lipinski definition) is 3. The normalized spacial score (nSPS) is 11.8. The zero-order valence-electron chi connectivity index (χ0n) is 12.7. The van der Waals surface area contributed by atoms with E-state index in [0.29, 0.717) is 6.42 Å². The number of carboxylic acid groups (broad SMARTS) is 2. The molecule has 0 atom stereocenters. The molecule has 0 aromatic rings. The Kier molecular flexibility index (Phi) is 5.99. The van der Waals surface area contributed by atoms with Crippen molar-refractivity contribution < 1.29 is 24.6 Å². The number of amides is 2. The van der Waals surface area contributed by atoms with E-state index in [9.17, 15) is 14.4 Å². The van der Waals surface area contributed by atoms with Crippen molar-refractivity contribution >= 4 is 18.0 Å². The van der Waals surface area contributed by atoms with Gasteiger partial charge >= 0.3 is 18.0 Å². The van der Waals surface area contributed by atoms with Gasteiger partial charge in [-0.15, -0.1) is 0 Å². The van der Waals surface area contributed by atoms with E-state index in [-0.39, 0.29) is 5.41 Å². The van der Waals surface area contributed by atoms with Gasteiger partial charge in [0.25, 0.3) is 0 Å². The molecular weight excluding hydrogens is 264 g/mol. The smallest absolute Gasteiger partial charge is 0.323 e. The van der Waals surface area contributed by atoms with Gasteiger partial charge in [0.15, 0.2) is 0 Å². The molecule has 0 bridgehead atoms. The van der Waals surface area contributed by atoms with E-state index in [4.69, 9.17) is 10.2 Å². The van der Waals surface area contributed by atoms with Crippen molar-refractivity contribution in [2.75, 3.05) is 13.1 Å². The van der Waals surface area contributed by atoms with E-state index < -0.39 is 36.6 Å². The Balaban J connectivity index is 4.81. The quantitative estimate of drug-likeness (QED) is 0.684. The van der Waals surface area contributed by atoms with E-state index in [2.05, 4.69) is 5.32 Å². The molecule has 3 N–H and O–H groups in total. The summed E-state index contributed by atoms with van der Waals surface area (Å²) in [6, 6.07) is -0.691. The molecule has 0 saturated heterocycles. The van der Waals surface area contributed by atoms with Gasteiger partial charge < -0.3 is 20.4 Å². The molecule has 0 radical (unpaired) electrons. The van der Waals surface area contributed by atoms with Crippen molar-refractivity contribution in [3.63, 3.8) is 0 Å². The minimum absolute atomic E-state index is 0.0266. The van der Waals surface area contributed by atoms with Crippen LogP contribution in [0.15, 0.2) is 0 Å². The molecule has 0 aromatic heterocycles. The van der Waals surface area contributed by atoms with Crippen LogP contribution in [-0.4, -0.2) is 51.7 Å². The maximum Gasteiger partial charge on any atom is 0.323 e. The second kappa shape index (κ2) is 6.58. The largest absolute Gasteiger partial charge is 0.480 e. The van der Waals surface area contributed by atoms with Crippen molar-refractivity contribution in [1.29, 1.82) is 0 Å². The van der Waals surface area contributed by atoms with E-state index in [1.165, 1.54) is 0 Å². The summed E-state index contributed by atoms with van der Waals surface area (Å²) >= 11 is 0. The molecule has 0 aliphatic heterocycles. The molecular formula is C13H24N2O5. The number of carbonyl (C=O) groups is 3. The van der Waals surface area contributed by atoms with E-state index in [1.54, 1.807) is 0 Å². The second-order valence-corrected chi connectivity index (χ2v) is 6.70. The first-order valence-electron chi connectivity index (χ1n) is 6.33. The molecule has 0 rings (SSSR count). The predicted octanol–water partition coefficient (Wildman–Crippen LogP) is 1.38. The lowest BCUT2D eigenvalue weighted by molar-refractivity contribution is -0.140. The average molecular weight is 288 g/mol. The van der Waals surface area contributed by atoms with E-state index in [1.807, 2.05) is 34.6 Å². The highest BCUT2D eigenvalue weighted by Gasteiger charge is 2.29. The summed E-state index contributed by atoms with van der Waals surface area (Å²) < 4.78 is 0. The zero-order chi connectivity index (χ0) is 16.1. The lowest BCUT2D eigenvalue weighted by atomic mass is 9.82. The van der Waals surface area contributed by atoms with Gasteiger partial charge in [0, 0.05) is 5.54 Å². The molecule has 0 spiro atoms. The Morgan fingerprint density at radius 2 is 1.35 bits per heavy atom. The molecule has 0 heterocycles. The average Bonchev–Trinajstić information content (AvgIpc) is 2.09. The fraction of sp³-hybridized carbons (Fsp3) is 0.769. The third-order valence-electron chi connectivity index (χ3n) is 2.36. The monoisotopic (exact) mass is 288 g/mol. The van der Waals surface area contributed by atoms with Crippen LogP contribution >= 0.6 is 0 Å². The molecule has 7 heteroatoms. The maximum atomic E-state index is 12.0. The minimum atomic E-state index is -1.25. The number of aliphatic carboxylic acids is 2. The van der Waals surface area contributed by atoms with Gasteiger partial charge in [-0.25, -0.2) is 4.79 Å². The fourth-order valence-corrected chi connectivity index (χ4v) is 2.26. The first-order valence-corrected chi connectivity index (χ1v) is 6.33. The van der Waals surface area contributed by atoms with Crippen molar-refractivity contribution in [2.24, 2.45) is 5.41 Å². The summed E-state index contributed by atoms with van der Waals surface area (Å²) in [6.45, 7) is 8.40. The number of carbonyl (C=O) groups excluding carboxylic acids is 1. The Hall–Kier alpha value is -1.79. The first-order chi connectivity index (χ1) is 8.82. The van der Waals surface area contributed by atoms with Crippen LogP contribution < -0.4 is 5.32 Å². The Bertz CT molecular complexity index is 369. The molecule has 0 fully saturated rings. The van der Waals surface area contributed by atoms with Gasteiger partial charge in [0.2, 0.25) is 0 Å². The van der Waals surface area contributed by atoms with Crippen molar-refractivity contribution in [3.8, 4) is 0 Å². The van der Waals surface area contributed by atoms with Gasteiger partial charge in [0.1, 0.15) is 13.1 Å². The van der Waals surface area contributed by atoms with Gasteiger partial charge in [-0.3, -0.25) is 9.59 Å². The number of hydrogen-bond acceptors (Lipinski definition) is 3. The molecule has 0 unspecified atom stereocenters. The Morgan fingerprint density at radius 1 is 0.950 bits per heavy atom. The van der Waals surface area contributed by atoms with Crippen LogP contribution in [0.2, 0.25) is 0 Å². The topological polar surface area (TPSA) is 107 Å². The Morgan fingerprint density at radius 3 is 1.65 bits per heavy atom. The molecule has 0 aromatic carbocycles. The zero-order valence-corrected chi connectivity index (χ0v) is 12.7. The molecule has 116 valence electrons. The lowest BCUT2D eigenvalue weighted by Crippen LogP contribution is -2.53. The summed E-state index contributed by atoms with van der Waals surface area (Å²) in [5.41, 5.74) is -0.591. The lowest BCUT2D eigenvalue weighted by Gasteiger charge is -2.35. The third kappa shape index (κ3) is 8.34. The molecule has 7 nitrogen and oxygen atoms in total. The molecule has 0 aliphatic rings. The van der Waals surface area contributed by atoms with Crippen LogP contribution in [0, 0.1) is 5.41 Å². The van der Waals surface area contributed by atoms with Crippen LogP contribution in [0.25, 0.3) is 0 Å². The second-order valence-electron chi connectivity index (χ2n) is 6.70. The number of rotatable bonds is 6. The van der Waals surface area contributed by atoms with Gasteiger partial charge in [0.05, 0.1) is 0 Å².